The zero-order valence-electron chi connectivity index (χ0n) is 11.5. The number of aromatic nitrogens is 1. The topological polar surface area (TPSA) is 47.3 Å². The third-order valence-electron chi connectivity index (χ3n) is 2.98. The number of nitrogens with one attached hydrogen (secondary N) is 1. The van der Waals surface area contributed by atoms with E-state index in [1.165, 1.54) is 5.56 Å². The van der Waals surface area contributed by atoms with Gasteiger partial charge in [-0.2, -0.15) is 0 Å². The van der Waals surface area contributed by atoms with Crippen molar-refractivity contribution in [1.29, 1.82) is 0 Å². The van der Waals surface area contributed by atoms with E-state index in [0.29, 0.717) is 6.54 Å². The summed E-state index contributed by atoms with van der Waals surface area (Å²) in [6, 6.07) is 8.13. The molecule has 2 rings (SSSR count). The average Bonchev–Trinajstić information content (AvgIpc) is 2.92. The molecule has 0 fully saturated rings. The number of methoxy groups -OCH3 is 1. The molecule has 1 heterocycles. The number of benzene rings is 1. The zero-order chi connectivity index (χ0) is 13.5. The summed E-state index contributed by atoms with van der Waals surface area (Å²) >= 11 is 0. The molecule has 0 saturated carbocycles. The second-order valence-corrected chi connectivity index (χ2v) is 4.35. The fourth-order valence-electron chi connectivity index (χ4n) is 1.81. The second-order valence-electron chi connectivity index (χ2n) is 4.35. The molecule has 1 aromatic heterocycles. The molecule has 2 aromatic rings. The number of rotatable bonds is 7. The number of nitrogens with zero attached hydrogens (tertiary/aromatic N) is 1. The van der Waals surface area contributed by atoms with E-state index in [1.54, 1.807) is 13.3 Å². The van der Waals surface area contributed by atoms with Crippen LogP contribution < -0.4 is 10.1 Å². The highest BCUT2D eigenvalue weighted by atomic mass is 16.5. The van der Waals surface area contributed by atoms with Crippen LogP contribution >= 0.6 is 0 Å². The molecule has 0 amide bonds. The highest BCUT2D eigenvalue weighted by Gasteiger charge is 2.01. The Kier molecular flexibility index (Phi) is 4.98. The Bertz CT molecular complexity index is 491. The van der Waals surface area contributed by atoms with Crippen LogP contribution in [-0.4, -0.2) is 18.6 Å². The predicted molar refractivity (Wildman–Crippen MR) is 74.3 cm³/mol. The van der Waals surface area contributed by atoms with Crippen molar-refractivity contribution in [3.8, 4) is 5.75 Å². The molecule has 1 aromatic carbocycles. The van der Waals surface area contributed by atoms with Crippen LogP contribution in [-0.2, 0) is 19.4 Å². The molecule has 1 N–H and O–H groups in total. The van der Waals surface area contributed by atoms with Crippen molar-refractivity contribution in [1.82, 2.24) is 10.3 Å². The minimum atomic E-state index is 0.677. The van der Waals surface area contributed by atoms with Gasteiger partial charge >= 0.3 is 0 Å². The summed E-state index contributed by atoms with van der Waals surface area (Å²) in [5.41, 5.74) is 1.29. The van der Waals surface area contributed by atoms with E-state index in [1.807, 2.05) is 12.1 Å². The lowest BCUT2D eigenvalue weighted by atomic mass is 10.1. The van der Waals surface area contributed by atoms with Crippen LogP contribution in [0.25, 0.3) is 0 Å². The van der Waals surface area contributed by atoms with Crippen molar-refractivity contribution in [2.75, 3.05) is 13.7 Å². The van der Waals surface area contributed by atoms with Gasteiger partial charge in [-0.15, -0.1) is 0 Å². The normalized spacial score (nSPS) is 10.6. The Balaban J connectivity index is 1.71. The Morgan fingerprint density at radius 2 is 2.05 bits per heavy atom. The Morgan fingerprint density at radius 3 is 2.68 bits per heavy atom. The van der Waals surface area contributed by atoms with E-state index in [2.05, 4.69) is 29.4 Å². The molecule has 0 spiro atoms. The summed E-state index contributed by atoms with van der Waals surface area (Å²) in [6.07, 6.45) is 3.66. The van der Waals surface area contributed by atoms with E-state index in [4.69, 9.17) is 9.15 Å². The number of hydrogen-bond acceptors (Lipinski definition) is 4. The van der Waals surface area contributed by atoms with Gasteiger partial charge in [-0.25, -0.2) is 4.98 Å². The van der Waals surface area contributed by atoms with Crippen LogP contribution in [0.4, 0.5) is 0 Å². The van der Waals surface area contributed by atoms with Crippen LogP contribution in [0.3, 0.4) is 0 Å². The Hall–Kier alpha value is -1.81. The summed E-state index contributed by atoms with van der Waals surface area (Å²) in [5, 5.41) is 3.33. The zero-order valence-corrected chi connectivity index (χ0v) is 11.5. The van der Waals surface area contributed by atoms with Crippen LogP contribution in [0, 0.1) is 0 Å². The lowest BCUT2D eigenvalue weighted by molar-refractivity contribution is 0.414. The first kappa shape index (κ1) is 13.6. The highest BCUT2D eigenvalue weighted by molar-refractivity contribution is 5.27. The van der Waals surface area contributed by atoms with E-state index >= 15 is 0 Å². The third-order valence-corrected chi connectivity index (χ3v) is 2.98. The fourth-order valence-corrected chi connectivity index (χ4v) is 1.81. The first-order valence-corrected chi connectivity index (χ1v) is 6.59. The molecule has 4 heteroatoms. The quantitative estimate of drug-likeness (QED) is 0.777. The van der Waals surface area contributed by atoms with Crippen molar-refractivity contribution in [2.45, 2.75) is 26.3 Å². The molecule has 102 valence electrons. The largest absolute Gasteiger partial charge is 0.497 e. The number of ether oxygens (including phenoxy) is 1. The van der Waals surface area contributed by atoms with Crippen LogP contribution in [0.1, 0.15) is 24.1 Å². The molecule has 0 saturated heterocycles. The molecular formula is C15H20N2O2. The van der Waals surface area contributed by atoms with Gasteiger partial charge in [0.25, 0.3) is 0 Å². The van der Waals surface area contributed by atoms with Crippen LogP contribution in [0.2, 0.25) is 0 Å². The lowest BCUT2D eigenvalue weighted by Crippen LogP contribution is -2.16. The summed E-state index contributed by atoms with van der Waals surface area (Å²) in [7, 11) is 1.68. The van der Waals surface area contributed by atoms with Crippen molar-refractivity contribution >= 4 is 0 Å². The van der Waals surface area contributed by atoms with Gasteiger partial charge in [0, 0.05) is 6.42 Å². The van der Waals surface area contributed by atoms with Gasteiger partial charge in [-0.1, -0.05) is 19.1 Å². The standard InChI is InChI=1S/C15H20N2O2/c1-3-13-10-17-15(19-13)11-16-9-8-12-4-6-14(18-2)7-5-12/h4-7,10,16H,3,8-9,11H2,1-2H3. The summed E-state index contributed by atoms with van der Waals surface area (Å²) < 4.78 is 10.7. The van der Waals surface area contributed by atoms with E-state index in [9.17, 15) is 0 Å². The number of oxazole rings is 1. The number of hydrogen-bond donors (Lipinski definition) is 1. The molecule has 0 bridgehead atoms. The van der Waals surface area contributed by atoms with Gasteiger partial charge in [-0.3, -0.25) is 0 Å². The smallest absolute Gasteiger partial charge is 0.208 e. The third kappa shape index (κ3) is 4.10. The summed E-state index contributed by atoms with van der Waals surface area (Å²) in [5.74, 6) is 2.59. The van der Waals surface area contributed by atoms with Gasteiger partial charge in [0.2, 0.25) is 5.89 Å². The maximum atomic E-state index is 5.53. The van der Waals surface area contributed by atoms with Crippen molar-refractivity contribution in [2.24, 2.45) is 0 Å². The summed E-state index contributed by atoms with van der Waals surface area (Å²) in [6.45, 7) is 3.63. The molecule has 0 atom stereocenters. The molecule has 19 heavy (non-hydrogen) atoms. The summed E-state index contributed by atoms with van der Waals surface area (Å²) in [4.78, 5) is 4.21. The minimum Gasteiger partial charge on any atom is -0.497 e. The van der Waals surface area contributed by atoms with Gasteiger partial charge < -0.3 is 14.5 Å². The molecule has 0 radical (unpaired) electrons. The van der Waals surface area contributed by atoms with E-state index < -0.39 is 0 Å². The molecular weight excluding hydrogens is 240 g/mol. The monoisotopic (exact) mass is 260 g/mol. The maximum absolute atomic E-state index is 5.53. The SMILES string of the molecule is CCc1cnc(CNCCc2ccc(OC)cc2)o1. The molecule has 4 nitrogen and oxygen atoms in total. The molecule has 0 aliphatic heterocycles. The minimum absolute atomic E-state index is 0.677. The van der Waals surface area contributed by atoms with Crippen LogP contribution in [0.5, 0.6) is 5.75 Å². The van der Waals surface area contributed by atoms with E-state index in [0.717, 1.165) is 36.8 Å². The predicted octanol–water partition coefficient (Wildman–Crippen LogP) is 2.58. The van der Waals surface area contributed by atoms with Crippen LogP contribution in [0.15, 0.2) is 34.9 Å². The van der Waals surface area contributed by atoms with Gasteiger partial charge in [0.1, 0.15) is 11.5 Å². The van der Waals surface area contributed by atoms with Gasteiger partial charge in [0.05, 0.1) is 19.9 Å². The Labute approximate surface area is 113 Å². The first-order valence-electron chi connectivity index (χ1n) is 6.59. The second kappa shape index (κ2) is 6.95. The van der Waals surface area contributed by atoms with Gasteiger partial charge in [0.15, 0.2) is 0 Å². The molecule has 0 aliphatic rings. The maximum Gasteiger partial charge on any atom is 0.208 e. The van der Waals surface area contributed by atoms with Crippen molar-refractivity contribution in [3.63, 3.8) is 0 Å². The molecule has 0 aliphatic carbocycles. The van der Waals surface area contributed by atoms with E-state index in [-0.39, 0.29) is 0 Å². The first-order chi connectivity index (χ1) is 9.31. The van der Waals surface area contributed by atoms with Crippen molar-refractivity contribution < 1.29 is 9.15 Å². The number of aryl methyl sites for hydroxylation is 1. The average molecular weight is 260 g/mol. The van der Waals surface area contributed by atoms with Crippen molar-refractivity contribution in [3.05, 3.63) is 47.7 Å². The molecule has 0 unspecified atom stereocenters. The highest BCUT2D eigenvalue weighted by Crippen LogP contribution is 2.11. The lowest BCUT2D eigenvalue weighted by Gasteiger charge is -2.04. The Morgan fingerprint density at radius 1 is 1.26 bits per heavy atom. The fraction of sp³-hybridized carbons (Fsp3) is 0.400. The van der Waals surface area contributed by atoms with Gasteiger partial charge in [-0.05, 0) is 30.7 Å².